The van der Waals surface area contributed by atoms with Crippen molar-refractivity contribution in [1.82, 2.24) is 5.32 Å². The zero-order valence-electron chi connectivity index (χ0n) is 11.8. The van der Waals surface area contributed by atoms with Gasteiger partial charge < -0.3 is 20.3 Å². The zero-order chi connectivity index (χ0) is 15.9. The molecule has 0 heterocycles. The summed E-state index contributed by atoms with van der Waals surface area (Å²) >= 11 is 0. The van der Waals surface area contributed by atoms with E-state index in [9.17, 15) is 19.0 Å². The molecule has 2 aromatic rings. The van der Waals surface area contributed by atoms with Crippen molar-refractivity contribution in [3.05, 3.63) is 59.7 Å². The maximum atomic E-state index is 13.0. The fourth-order valence-corrected chi connectivity index (χ4v) is 1.85. The normalized spacial score (nSPS) is 12.1. The number of nitrogens with one attached hydrogen (secondary N) is 1. The molecule has 0 fully saturated rings. The van der Waals surface area contributed by atoms with Crippen LogP contribution in [0.4, 0.5) is 8.78 Å². The minimum Gasteiger partial charge on any atom is -0.508 e. The highest BCUT2D eigenvalue weighted by molar-refractivity contribution is 5.31. The molecule has 0 saturated heterocycles. The summed E-state index contributed by atoms with van der Waals surface area (Å²) in [5.41, 5.74) is 0.719. The fourth-order valence-electron chi connectivity index (χ4n) is 1.85. The molecule has 0 aliphatic heterocycles. The van der Waals surface area contributed by atoms with Gasteiger partial charge in [0, 0.05) is 24.7 Å². The number of hydrogen-bond acceptors (Lipinski definition) is 4. The van der Waals surface area contributed by atoms with Crippen LogP contribution in [-0.2, 0) is 6.54 Å². The van der Waals surface area contributed by atoms with Crippen LogP contribution in [0.5, 0.6) is 11.5 Å². The molecule has 0 amide bonds. The van der Waals surface area contributed by atoms with Crippen LogP contribution in [0.2, 0.25) is 0 Å². The van der Waals surface area contributed by atoms with E-state index in [1.807, 2.05) is 0 Å². The summed E-state index contributed by atoms with van der Waals surface area (Å²) in [6.45, 7) is 0.575. The molecule has 2 rings (SSSR count). The second-order valence-corrected chi connectivity index (χ2v) is 4.80. The summed E-state index contributed by atoms with van der Waals surface area (Å²) in [6, 6.07) is 10.1. The van der Waals surface area contributed by atoms with Gasteiger partial charge in [0.2, 0.25) is 0 Å². The van der Waals surface area contributed by atoms with Crippen LogP contribution in [0.25, 0.3) is 0 Å². The standard InChI is InChI=1S/C16H17F2NO3/c17-14-6-5-13(7-15(14)18)22-10-12(20)9-19-8-11-3-1-2-4-16(11)21/h1-7,12,19-21H,8-10H2. The quantitative estimate of drug-likeness (QED) is 0.734. The zero-order valence-corrected chi connectivity index (χ0v) is 11.8. The smallest absolute Gasteiger partial charge is 0.162 e. The first kappa shape index (κ1) is 16.2. The first-order valence-corrected chi connectivity index (χ1v) is 6.80. The average molecular weight is 309 g/mol. The summed E-state index contributed by atoms with van der Waals surface area (Å²) in [5, 5.41) is 22.3. The van der Waals surface area contributed by atoms with Gasteiger partial charge in [-0.1, -0.05) is 18.2 Å². The minimum absolute atomic E-state index is 0.0567. The van der Waals surface area contributed by atoms with Gasteiger partial charge in [0.05, 0.1) is 0 Å². The first-order valence-electron chi connectivity index (χ1n) is 6.80. The van der Waals surface area contributed by atoms with Crippen molar-refractivity contribution in [3.8, 4) is 11.5 Å². The van der Waals surface area contributed by atoms with Gasteiger partial charge in [-0.05, 0) is 18.2 Å². The van der Waals surface area contributed by atoms with E-state index < -0.39 is 17.7 Å². The van der Waals surface area contributed by atoms with Crippen molar-refractivity contribution in [1.29, 1.82) is 0 Å². The number of hydrogen-bond donors (Lipinski definition) is 3. The Morgan fingerprint density at radius 2 is 1.86 bits per heavy atom. The highest BCUT2D eigenvalue weighted by Crippen LogP contribution is 2.16. The van der Waals surface area contributed by atoms with Crippen molar-refractivity contribution in [2.45, 2.75) is 12.6 Å². The second kappa shape index (κ2) is 7.72. The van der Waals surface area contributed by atoms with Gasteiger partial charge in [-0.2, -0.15) is 0 Å². The molecule has 22 heavy (non-hydrogen) atoms. The molecule has 1 atom stereocenters. The monoisotopic (exact) mass is 309 g/mol. The lowest BCUT2D eigenvalue weighted by atomic mass is 10.2. The lowest BCUT2D eigenvalue weighted by molar-refractivity contribution is 0.106. The predicted octanol–water partition coefficient (Wildman–Crippen LogP) is 2.20. The van der Waals surface area contributed by atoms with Crippen molar-refractivity contribution in [2.75, 3.05) is 13.2 Å². The van der Waals surface area contributed by atoms with Gasteiger partial charge in [-0.3, -0.25) is 0 Å². The Morgan fingerprint density at radius 1 is 1.09 bits per heavy atom. The topological polar surface area (TPSA) is 61.7 Å². The third-order valence-electron chi connectivity index (χ3n) is 3.02. The van der Waals surface area contributed by atoms with Gasteiger partial charge in [0.1, 0.15) is 24.2 Å². The van der Waals surface area contributed by atoms with Gasteiger partial charge in [0.25, 0.3) is 0 Å². The van der Waals surface area contributed by atoms with Gasteiger partial charge in [-0.15, -0.1) is 0 Å². The molecule has 6 heteroatoms. The Hall–Kier alpha value is -2.18. The van der Waals surface area contributed by atoms with Crippen LogP contribution in [-0.4, -0.2) is 29.5 Å². The summed E-state index contributed by atoms with van der Waals surface area (Å²) < 4.78 is 30.9. The average Bonchev–Trinajstić information content (AvgIpc) is 2.50. The predicted molar refractivity (Wildman–Crippen MR) is 77.7 cm³/mol. The van der Waals surface area contributed by atoms with Crippen LogP contribution in [0.1, 0.15) is 5.56 Å². The third-order valence-corrected chi connectivity index (χ3v) is 3.02. The fraction of sp³-hybridized carbons (Fsp3) is 0.250. The molecule has 0 spiro atoms. The number of phenolic OH excluding ortho intramolecular Hbond substituents is 1. The summed E-state index contributed by atoms with van der Waals surface area (Å²) in [5.74, 6) is -1.61. The van der Waals surface area contributed by atoms with Gasteiger partial charge in [-0.25, -0.2) is 8.78 Å². The molecule has 0 aliphatic rings. The number of aliphatic hydroxyl groups is 1. The first-order chi connectivity index (χ1) is 10.6. The van der Waals surface area contributed by atoms with Crippen LogP contribution in [0.15, 0.2) is 42.5 Å². The number of halogens is 2. The number of rotatable bonds is 7. The van der Waals surface area contributed by atoms with Crippen molar-refractivity contribution in [3.63, 3.8) is 0 Å². The van der Waals surface area contributed by atoms with E-state index in [1.54, 1.807) is 24.3 Å². The number of phenols is 1. The minimum atomic E-state index is -0.996. The van der Waals surface area contributed by atoms with Crippen LogP contribution < -0.4 is 10.1 Å². The van der Waals surface area contributed by atoms with E-state index in [2.05, 4.69) is 5.32 Å². The number of ether oxygens (including phenoxy) is 1. The lowest BCUT2D eigenvalue weighted by Crippen LogP contribution is -2.31. The molecule has 4 nitrogen and oxygen atoms in total. The van der Waals surface area contributed by atoms with Crippen molar-refractivity contribution < 1.29 is 23.7 Å². The van der Waals surface area contributed by atoms with E-state index in [1.165, 1.54) is 6.07 Å². The van der Waals surface area contributed by atoms with Crippen molar-refractivity contribution in [2.24, 2.45) is 0 Å². The van der Waals surface area contributed by atoms with E-state index in [4.69, 9.17) is 4.74 Å². The molecular weight excluding hydrogens is 292 g/mol. The van der Waals surface area contributed by atoms with Crippen LogP contribution in [0, 0.1) is 11.6 Å². The number of aromatic hydroxyl groups is 1. The number of para-hydroxylation sites is 1. The van der Waals surface area contributed by atoms with E-state index in [0.29, 0.717) is 6.54 Å². The molecular formula is C16H17F2NO3. The van der Waals surface area contributed by atoms with Gasteiger partial charge >= 0.3 is 0 Å². The van der Waals surface area contributed by atoms with E-state index in [-0.39, 0.29) is 24.7 Å². The molecule has 0 bridgehead atoms. The molecule has 118 valence electrons. The van der Waals surface area contributed by atoms with Crippen LogP contribution in [0.3, 0.4) is 0 Å². The van der Waals surface area contributed by atoms with E-state index >= 15 is 0 Å². The Kier molecular flexibility index (Phi) is 5.68. The molecule has 0 aromatic heterocycles. The van der Waals surface area contributed by atoms with E-state index in [0.717, 1.165) is 17.7 Å². The van der Waals surface area contributed by atoms with Gasteiger partial charge in [0.15, 0.2) is 11.6 Å². The maximum Gasteiger partial charge on any atom is 0.162 e. The molecule has 2 aromatic carbocycles. The maximum absolute atomic E-state index is 13.0. The number of aliphatic hydroxyl groups excluding tert-OH is 1. The number of benzene rings is 2. The lowest BCUT2D eigenvalue weighted by Gasteiger charge is -2.14. The molecule has 1 unspecified atom stereocenters. The Bertz CT molecular complexity index is 622. The summed E-state index contributed by atoms with van der Waals surface area (Å²) in [4.78, 5) is 0. The summed E-state index contributed by atoms with van der Waals surface area (Å²) in [7, 11) is 0. The second-order valence-electron chi connectivity index (χ2n) is 4.80. The SMILES string of the molecule is Oc1ccccc1CNCC(O)COc1ccc(F)c(F)c1. The molecule has 0 radical (unpaired) electrons. The molecule has 0 aliphatic carbocycles. The summed E-state index contributed by atoms with van der Waals surface area (Å²) in [6.07, 6.45) is -0.820. The molecule has 3 N–H and O–H groups in total. The molecule has 0 saturated carbocycles. The highest BCUT2D eigenvalue weighted by Gasteiger charge is 2.08. The largest absolute Gasteiger partial charge is 0.508 e. The third kappa shape index (κ3) is 4.68. The Morgan fingerprint density at radius 3 is 2.59 bits per heavy atom. The van der Waals surface area contributed by atoms with Crippen LogP contribution >= 0.6 is 0 Å². The Balaban J connectivity index is 1.73. The highest BCUT2D eigenvalue weighted by atomic mass is 19.2. The Labute approximate surface area is 127 Å². The van der Waals surface area contributed by atoms with Crippen molar-refractivity contribution >= 4 is 0 Å².